The zero-order valence-electron chi connectivity index (χ0n) is 14.3. The summed E-state index contributed by atoms with van der Waals surface area (Å²) in [6.45, 7) is 0. The second-order valence-corrected chi connectivity index (χ2v) is 8.28. The van der Waals surface area contributed by atoms with Crippen LogP contribution in [0.2, 0.25) is 0 Å². The van der Waals surface area contributed by atoms with Crippen molar-refractivity contribution in [2.75, 3.05) is 0 Å². The molecule has 0 atom stereocenters. The molecule has 3 aromatic carbocycles. The summed E-state index contributed by atoms with van der Waals surface area (Å²) in [6.07, 6.45) is -8.69. The van der Waals surface area contributed by atoms with Crippen molar-refractivity contribution >= 4 is 19.4 Å². The molecule has 28 heavy (non-hydrogen) atoms. The fourth-order valence-electron chi connectivity index (χ4n) is 2.55. The van der Waals surface area contributed by atoms with E-state index in [1.54, 1.807) is 0 Å². The molecule has 0 spiro atoms. The Morgan fingerprint density at radius 2 is 0.929 bits per heavy atom. The van der Waals surface area contributed by atoms with Gasteiger partial charge in [0.1, 0.15) is 0 Å². The van der Waals surface area contributed by atoms with Crippen molar-refractivity contribution in [3.05, 3.63) is 89.5 Å². The maximum absolute atomic E-state index is 12.6. The molecular weight excluding hydrogens is 445 g/mol. The summed E-state index contributed by atoms with van der Waals surface area (Å²) in [5.74, 6) is 0. The SMILES string of the molecule is FC(F)(F)c1ccc([Se]Cc2ccc(-c3ccc(C(F)(F)F)cc3)cc2)cc1. The Morgan fingerprint density at radius 3 is 1.36 bits per heavy atom. The predicted octanol–water partition coefficient (Wildman–Crippen LogP) is 5.92. The van der Waals surface area contributed by atoms with Crippen molar-refractivity contribution in [1.29, 1.82) is 0 Å². The second-order valence-electron chi connectivity index (χ2n) is 6.08. The third-order valence-electron chi connectivity index (χ3n) is 4.09. The van der Waals surface area contributed by atoms with Crippen LogP contribution >= 0.6 is 0 Å². The first-order valence-corrected chi connectivity index (χ1v) is 10.3. The molecule has 0 nitrogen and oxygen atoms in total. The second kappa shape index (κ2) is 8.02. The van der Waals surface area contributed by atoms with E-state index in [1.807, 2.05) is 24.3 Å². The fourth-order valence-corrected chi connectivity index (χ4v) is 4.34. The quantitative estimate of drug-likeness (QED) is 0.336. The molecule has 0 saturated carbocycles. The van der Waals surface area contributed by atoms with Crippen molar-refractivity contribution in [3.8, 4) is 11.1 Å². The normalized spacial score (nSPS) is 12.2. The van der Waals surface area contributed by atoms with Gasteiger partial charge >= 0.3 is 164 Å². The van der Waals surface area contributed by atoms with Crippen molar-refractivity contribution in [3.63, 3.8) is 0 Å². The summed E-state index contributed by atoms with van der Waals surface area (Å²) >= 11 is -0.0139. The Morgan fingerprint density at radius 1 is 0.536 bits per heavy atom. The molecule has 0 fully saturated rings. The molecule has 0 radical (unpaired) electrons. The molecule has 0 unspecified atom stereocenters. The van der Waals surface area contributed by atoms with E-state index < -0.39 is 23.5 Å². The van der Waals surface area contributed by atoms with E-state index in [9.17, 15) is 26.3 Å². The van der Waals surface area contributed by atoms with Crippen LogP contribution < -0.4 is 4.46 Å². The van der Waals surface area contributed by atoms with Crippen molar-refractivity contribution in [1.82, 2.24) is 0 Å². The topological polar surface area (TPSA) is 0 Å². The third kappa shape index (κ3) is 5.18. The summed E-state index contributed by atoms with van der Waals surface area (Å²) < 4.78 is 76.5. The van der Waals surface area contributed by atoms with E-state index in [0.29, 0.717) is 10.9 Å². The van der Waals surface area contributed by atoms with Gasteiger partial charge in [0.2, 0.25) is 0 Å². The number of halogens is 6. The molecule has 0 aromatic heterocycles. The van der Waals surface area contributed by atoms with E-state index in [2.05, 4.69) is 0 Å². The Kier molecular flexibility index (Phi) is 5.87. The van der Waals surface area contributed by atoms with Crippen LogP contribution in [0.15, 0.2) is 72.8 Å². The monoisotopic (exact) mass is 460 g/mol. The maximum atomic E-state index is 12.6. The van der Waals surface area contributed by atoms with Crippen LogP contribution in [0.25, 0.3) is 11.1 Å². The van der Waals surface area contributed by atoms with E-state index in [1.165, 1.54) is 24.3 Å². The van der Waals surface area contributed by atoms with Gasteiger partial charge in [-0.25, -0.2) is 0 Å². The Labute approximate surface area is 164 Å². The first kappa shape index (κ1) is 20.5. The Balaban J connectivity index is 1.63. The van der Waals surface area contributed by atoms with E-state index in [0.717, 1.165) is 39.9 Å². The Bertz CT molecular complexity index is 908. The molecule has 0 bridgehead atoms. The van der Waals surface area contributed by atoms with Crippen LogP contribution in [0.4, 0.5) is 26.3 Å². The summed E-state index contributed by atoms with van der Waals surface area (Å²) in [5.41, 5.74) is 1.17. The summed E-state index contributed by atoms with van der Waals surface area (Å²) in [4.78, 5) is 0. The number of hydrogen-bond acceptors (Lipinski definition) is 0. The summed E-state index contributed by atoms with van der Waals surface area (Å²) in [6, 6.07) is 17.6. The third-order valence-corrected chi connectivity index (χ3v) is 6.36. The van der Waals surface area contributed by atoms with Crippen LogP contribution in [0, 0.1) is 0 Å². The molecule has 0 saturated heterocycles. The molecule has 146 valence electrons. The number of alkyl halides is 6. The molecule has 3 rings (SSSR count). The zero-order chi connectivity index (χ0) is 20.4. The van der Waals surface area contributed by atoms with Gasteiger partial charge in [-0.05, 0) is 0 Å². The van der Waals surface area contributed by atoms with Crippen molar-refractivity contribution < 1.29 is 26.3 Å². The zero-order valence-corrected chi connectivity index (χ0v) is 16.0. The predicted molar refractivity (Wildman–Crippen MR) is 97.4 cm³/mol. The summed E-state index contributed by atoms with van der Waals surface area (Å²) in [5, 5.41) is 0.714. The van der Waals surface area contributed by atoms with E-state index >= 15 is 0 Å². The minimum absolute atomic E-state index is 0.0139. The molecule has 7 heteroatoms. The molecule has 0 aliphatic heterocycles. The van der Waals surface area contributed by atoms with Gasteiger partial charge < -0.3 is 0 Å². The van der Waals surface area contributed by atoms with Gasteiger partial charge in [-0.3, -0.25) is 0 Å². The van der Waals surface area contributed by atoms with Gasteiger partial charge in [-0.1, -0.05) is 0 Å². The van der Waals surface area contributed by atoms with Crippen molar-refractivity contribution in [2.45, 2.75) is 17.7 Å². The van der Waals surface area contributed by atoms with E-state index in [4.69, 9.17) is 0 Å². The molecule has 0 aliphatic rings. The van der Waals surface area contributed by atoms with Crippen LogP contribution in [0.1, 0.15) is 16.7 Å². The minimum atomic E-state index is -4.36. The van der Waals surface area contributed by atoms with Gasteiger partial charge in [0.15, 0.2) is 0 Å². The molecule has 0 amide bonds. The first-order chi connectivity index (χ1) is 13.1. The van der Waals surface area contributed by atoms with Gasteiger partial charge in [-0.2, -0.15) is 0 Å². The van der Waals surface area contributed by atoms with Crippen LogP contribution in [-0.4, -0.2) is 15.0 Å². The molecular formula is C21H14F6Se. The number of rotatable bonds is 4. The molecule has 0 N–H and O–H groups in total. The van der Waals surface area contributed by atoms with Gasteiger partial charge in [-0.15, -0.1) is 0 Å². The van der Waals surface area contributed by atoms with Crippen molar-refractivity contribution in [2.24, 2.45) is 0 Å². The number of benzene rings is 3. The van der Waals surface area contributed by atoms with Crippen LogP contribution in [-0.2, 0) is 17.7 Å². The van der Waals surface area contributed by atoms with Gasteiger partial charge in [0, 0.05) is 0 Å². The molecule has 0 heterocycles. The standard InChI is InChI=1S/C21H14F6Se/c22-20(23,24)17-7-5-16(6-8-17)15-3-1-14(2-4-15)13-28-19-11-9-18(10-12-19)21(25,26)27/h1-12H,13H2. The molecule has 3 aromatic rings. The average molecular weight is 459 g/mol. The van der Waals surface area contributed by atoms with Gasteiger partial charge in [0.25, 0.3) is 0 Å². The van der Waals surface area contributed by atoms with E-state index in [-0.39, 0.29) is 15.0 Å². The Hall–Kier alpha value is -2.24. The number of hydrogen-bond donors (Lipinski definition) is 0. The van der Waals surface area contributed by atoms with Gasteiger partial charge in [0.05, 0.1) is 0 Å². The summed E-state index contributed by atoms with van der Waals surface area (Å²) in [7, 11) is 0. The first-order valence-electron chi connectivity index (χ1n) is 8.19. The average Bonchev–Trinajstić information content (AvgIpc) is 2.66. The fraction of sp³-hybridized carbons (Fsp3) is 0.143. The molecule has 0 aliphatic carbocycles. The van der Waals surface area contributed by atoms with Crippen LogP contribution in [0.3, 0.4) is 0 Å². The van der Waals surface area contributed by atoms with Crippen LogP contribution in [0.5, 0.6) is 0 Å².